The van der Waals surface area contributed by atoms with E-state index in [9.17, 15) is 0 Å². The molecule has 0 spiro atoms. The molecular weight excluding hydrogens is 374 g/mol. The first kappa shape index (κ1) is 17.0. The number of aromatic nitrogens is 3. The number of rotatable bonds is 6. The Morgan fingerprint density at radius 2 is 2.09 bits per heavy atom. The van der Waals surface area contributed by atoms with E-state index in [2.05, 4.69) is 66.5 Å². The molecule has 0 fully saturated rings. The van der Waals surface area contributed by atoms with Crippen molar-refractivity contribution in [3.05, 3.63) is 28.7 Å². The van der Waals surface area contributed by atoms with Gasteiger partial charge in [0.2, 0.25) is 0 Å². The van der Waals surface area contributed by atoms with Crippen LogP contribution in [0.2, 0.25) is 0 Å². The van der Waals surface area contributed by atoms with Crippen molar-refractivity contribution in [3.63, 3.8) is 0 Å². The summed E-state index contributed by atoms with van der Waals surface area (Å²) in [5.74, 6) is 1.93. The highest BCUT2D eigenvalue weighted by atomic mass is 79.9. The molecule has 23 heavy (non-hydrogen) atoms. The Labute approximate surface area is 150 Å². The van der Waals surface area contributed by atoms with Gasteiger partial charge in [-0.05, 0) is 25.2 Å². The Bertz CT molecular complexity index is 656. The van der Waals surface area contributed by atoms with Crippen LogP contribution in [-0.4, -0.2) is 56.6 Å². The first-order valence-electron chi connectivity index (χ1n) is 7.98. The Morgan fingerprint density at radius 1 is 1.26 bits per heavy atom. The smallest absolute Gasteiger partial charge is 0.193 e. The highest BCUT2D eigenvalue weighted by Gasteiger charge is 2.22. The van der Waals surface area contributed by atoms with E-state index in [1.54, 1.807) is 11.8 Å². The van der Waals surface area contributed by atoms with E-state index in [-0.39, 0.29) is 0 Å². The maximum Gasteiger partial charge on any atom is 0.193 e. The number of thioether (sulfide) groups is 1. The maximum atomic E-state index is 4.41. The number of hydrogen-bond donors (Lipinski definition) is 0. The molecule has 7 heteroatoms. The topological polar surface area (TPSA) is 37.2 Å². The summed E-state index contributed by atoms with van der Waals surface area (Å²) in [7, 11) is 0. The standard InChI is InChI=1S/C16H22BrN5S/c1-3-20(4-2)8-9-21-11-22-15(18-19-16(22)23-12-21)13-6-5-7-14(17)10-13/h5-7,10H,3-4,8-9,11-12H2,1-2H3. The number of benzene rings is 1. The molecule has 2 aromatic rings. The van der Waals surface area contributed by atoms with E-state index in [0.717, 1.165) is 59.7 Å². The fourth-order valence-corrected chi connectivity index (χ4v) is 4.02. The van der Waals surface area contributed by atoms with Gasteiger partial charge in [0.05, 0.1) is 12.5 Å². The third kappa shape index (κ3) is 3.96. The molecule has 1 aromatic heterocycles. The van der Waals surface area contributed by atoms with Crippen LogP contribution in [0.25, 0.3) is 11.4 Å². The normalized spacial score (nSPS) is 15.1. The van der Waals surface area contributed by atoms with E-state index in [4.69, 9.17) is 0 Å². The van der Waals surface area contributed by atoms with Gasteiger partial charge in [-0.25, -0.2) is 0 Å². The molecule has 0 aliphatic carbocycles. The van der Waals surface area contributed by atoms with E-state index in [0.29, 0.717) is 0 Å². The molecule has 1 aliphatic rings. The summed E-state index contributed by atoms with van der Waals surface area (Å²) in [6.07, 6.45) is 0. The summed E-state index contributed by atoms with van der Waals surface area (Å²) < 4.78 is 3.28. The predicted molar refractivity (Wildman–Crippen MR) is 98.4 cm³/mol. The van der Waals surface area contributed by atoms with Crippen molar-refractivity contribution in [1.29, 1.82) is 0 Å². The fourth-order valence-electron chi connectivity index (χ4n) is 2.71. The zero-order chi connectivity index (χ0) is 16.2. The molecule has 0 amide bonds. The van der Waals surface area contributed by atoms with Crippen LogP contribution in [0.5, 0.6) is 0 Å². The van der Waals surface area contributed by atoms with E-state index >= 15 is 0 Å². The highest BCUT2D eigenvalue weighted by Crippen LogP contribution is 2.29. The Balaban J connectivity index is 1.74. The third-order valence-electron chi connectivity index (χ3n) is 4.14. The first-order valence-corrected chi connectivity index (χ1v) is 9.75. The maximum absolute atomic E-state index is 4.41. The molecule has 0 saturated heterocycles. The van der Waals surface area contributed by atoms with Crippen LogP contribution in [0.1, 0.15) is 13.8 Å². The van der Waals surface area contributed by atoms with Gasteiger partial charge < -0.3 is 4.90 Å². The quantitative estimate of drug-likeness (QED) is 0.749. The lowest BCUT2D eigenvalue weighted by molar-refractivity contribution is 0.195. The average molecular weight is 396 g/mol. The molecule has 5 nitrogen and oxygen atoms in total. The van der Waals surface area contributed by atoms with Crippen LogP contribution in [0, 0.1) is 0 Å². The highest BCUT2D eigenvalue weighted by molar-refractivity contribution is 9.10. The number of nitrogens with zero attached hydrogens (tertiary/aromatic N) is 5. The lowest BCUT2D eigenvalue weighted by Crippen LogP contribution is -2.37. The van der Waals surface area contributed by atoms with Gasteiger partial charge in [0.15, 0.2) is 11.0 Å². The summed E-state index contributed by atoms with van der Waals surface area (Å²) in [5, 5.41) is 9.77. The second-order valence-corrected chi connectivity index (χ2v) is 7.41. The van der Waals surface area contributed by atoms with Gasteiger partial charge in [0.1, 0.15) is 0 Å². The molecule has 0 unspecified atom stereocenters. The number of fused-ring (bicyclic) bond motifs is 1. The molecular formula is C16H22BrN5S. The van der Waals surface area contributed by atoms with Crippen LogP contribution < -0.4 is 0 Å². The monoisotopic (exact) mass is 395 g/mol. The van der Waals surface area contributed by atoms with Crippen molar-refractivity contribution >= 4 is 27.7 Å². The second kappa shape index (κ2) is 7.79. The van der Waals surface area contributed by atoms with Gasteiger partial charge >= 0.3 is 0 Å². The van der Waals surface area contributed by atoms with Gasteiger partial charge in [0.25, 0.3) is 0 Å². The molecule has 1 aliphatic heterocycles. The third-order valence-corrected chi connectivity index (χ3v) is 5.69. The molecule has 0 saturated carbocycles. The molecule has 124 valence electrons. The first-order chi connectivity index (χ1) is 11.2. The minimum absolute atomic E-state index is 0.860. The Kier molecular flexibility index (Phi) is 5.74. The summed E-state index contributed by atoms with van der Waals surface area (Å²) in [6.45, 7) is 9.70. The van der Waals surface area contributed by atoms with Crippen LogP contribution in [0.3, 0.4) is 0 Å². The number of halogens is 1. The van der Waals surface area contributed by atoms with Crippen LogP contribution in [0.4, 0.5) is 0 Å². The van der Waals surface area contributed by atoms with Crippen LogP contribution >= 0.6 is 27.7 Å². The second-order valence-electron chi connectivity index (χ2n) is 5.58. The average Bonchev–Trinajstić information content (AvgIpc) is 2.99. The zero-order valence-corrected chi connectivity index (χ0v) is 16.0. The predicted octanol–water partition coefficient (Wildman–Crippen LogP) is 3.37. The van der Waals surface area contributed by atoms with E-state index in [1.165, 1.54) is 0 Å². The molecule has 2 heterocycles. The minimum atomic E-state index is 0.860. The number of likely N-dealkylation sites (N-methyl/N-ethyl adjacent to an activating group) is 1. The van der Waals surface area contributed by atoms with E-state index in [1.807, 2.05) is 12.1 Å². The van der Waals surface area contributed by atoms with Crippen molar-refractivity contribution in [1.82, 2.24) is 24.6 Å². The van der Waals surface area contributed by atoms with Crippen molar-refractivity contribution < 1.29 is 0 Å². The minimum Gasteiger partial charge on any atom is -0.303 e. The van der Waals surface area contributed by atoms with Gasteiger partial charge in [-0.1, -0.05) is 53.7 Å². The van der Waals surface area contributed by atoms with Gasteiger partial charge in [-0.3, -0.25) is 9.47 Å². The zero-order valence-electron chi connectivity index (χ0n) is 13.6. The van der Waals surface area contributed by atoms with Crippen molar-refractivity contribution in [2.45, 2.75) is 25.7 Å². The van der Waals surface area contributed by atoms with Gasteiger partial charge in [0, 0.05) is 23.1 Å². The summed E-state index contributed by atoms with van der Waals surface area (Å²) >= 11 is 5.30. The van der Waals surface area contributed by atoms with E-state index < -0.39 is 0 Å². The molecule has 1 aromatic carbocycles. The summed E-state index contributed by atoms with van der Waals surface area (Å²) in [5.41, 5.74) is 1.10. The summed E-state index contributed by atoms with van der Waals surface area (Å²) in [4.78, 5) is 4.92. The lowest BCUT2D eigenvalue weighted by Gasteiger charge is -2.29. The molecule has 0 radical (unpaired) electrons. The molecule has 3 rings (SSSR count). The fraction of sp³-hybridized carbons (Fsp3) is 0.500. The summed E-state index contributed by atoms with van der Waals surface area (Å²) in [6, 6.07) is 8.25. The van der Waals surface area contributed by atoms with Crippen molar-refractivity contribution in [2.24, 2.45) is 0 Å². The number of hydrogen-bond acceptors (Lipinski definition) is 5. The molecule has 0 atom stereocenters. The van der Waals surface area contributed by atoms with Gasteiger partial charge in [-0.15, -0.1) is 10.2 Å². The lowest BCUT2D eigenvalue weighted by atomic mass is 10.2. The Morgan fingerprint density at radius 3 is 2.83 bits per heavy atom. The van der Waals surface area contributed by atoms with Crippen LogP contribution in [0.15, 0.2) is 33.9 Å². The van der Waals surface area contributed by atoms with Crippen molar-refractivity contribution in [3.8, 4) is 11.4 Å². The largest absolute Gasteiger partial charge is 0.303 e. The van der Waals surface area contributed by atoms with Gasteiger partial charge in [-0.2, -0.15) is 0 Å². The van der Waals surface area contributed by atoms with Crippen molar-refractivity contribution in [2.75, 3.05) is 32.1 Å². The Hall–Kier alpha value is -0.890. The van der Waals surface area contributed by atoms with Crippen LogP contribution in [-0.2, 0) is 6.67 Å². The molecule has 0 bridgehead atoms. The SMILES string of the molecule is CCN(CC)CCN1CSc2nnc(-c3cccc(Br)c3)n2C1. The molecule has 0 N–H and O–H groups in total.